The van der Waals surface area contributed by atoms with Crippen molar-refractivity contribution in [3.8, 4) is 28.1 Å². The van der Waals surface area contributed by atoms with Crippen LogP contribution in [-0.4, -0.2) is 88.2 Å². The summed E-state index contributed by atoms with van der Waals surface area (Å²) in [5, 5.41) is 11.3. The molecule has 11 heteroatoms. The lowest BCUT2D eigenvalue weighted by Crippen LogP contribution is -2.41. The average Bonchev–Trinajstić information content (AvgIpc) is 3.26. The molecular formula is C40H50FN5O5. The smallest absolute Gasteiger partial charge is 0.337 e. The third-order valence-corrected chi connectivity index (χ3v) is 10.7. The zero-order chi connectivity index (χ0) is 36.0. The molecule has 0 bridgehead atoms. The van der Waals surface area contributed by atoms with Gasteiger partial charge in [-0.2, -0.15) is 0 Å². The Labute approximate surface area is 299 Å². The van der Waals surface area contributed by atoms with Gasteiger partial charge in [-0.15, -0.1) is 0 Å². The molecule has 3 aliphatic rings. The number of hydrogen-bond donors (Lipinski definition) is 1. The van der Waals surface area contributed by atoms with Crippen molar-refractivity contribution in [1.82, 2.24) is 19.4 Å². The third-order valence-electron chi connectivity index (χ3n) is 10.7. The summed E-state index contributed by atoms with van der Waals surface area (Å²) in [6.07, 6.45) is 5.24. The van der Waals surface area contributed by atoms with Gasteiger partial charge in [0.1, 0.15) is 11.5 Å². The normalized spacial score (nSPS) is 18.4. The van der Waals surface area contributed by atoms with Crippen LogP contribution in [0.1, 0.15) is 74.9 Å². The SMILES string of the molecule is Cc1nc2c(cc(-c3ccnc(N4CCCN(C5CCOCC5)CC4)c3)n2C)c(-c2cc(F)c3c(c2C)CCCO3)c1[C@H](OC(C)(C)C)C(=O)O. The minimum Gasteiger partial charge on any atom is -0.490 e. The van der Waals surface area contributed by atoms with Gasteiger partial charge >= 0.3 is 5.97 Å². The van der Waals surface area contributed by atoms with E-state index in [4.69, 9.17) is 24.2 Å². The van der Waals surface area contributed by atoms with Crippen LogP contribution in [0.25, 0.3) is 33.4 Å². The van der Waals surface area contributed by atoms with E-state index in [1.807, 2.05) is 58.5 Å². The van der Waals surface area contributed by atoms with E-state index >= 15 is 4.39 Å². The number of benzene rings is 1. The number of carbonyl (C=O) groups is 1. The third kappa shape index (κ3) is 6.95. The molecule has 2 saturated heterocycles. The number of aromatic nitrogens is 3. The molecule has 0 unspecified atom stereocenters. The van der Waals surface area contributed by atoms with Crippen molar-refractivity contribution in [2.45, 2.75) is 84.5 Å². The first-order valence-corrected chi connectivity index (χ1v) is 18.3. The summed E-state index contributed by atoms with van der Waals surface area (Å²) >= 11 is 0. The van der Waals surface area contributed by atoms with Crippen molar-refractivity contribution in [2.75, 3.05) is 50.9 Å². The summed E-state index contributed by atoms with van der Waals surface area (Å²) in [6.45, 7) is 15.3. The van der Waals surface area contributed by atoms with Crippen LogP contribution >= 0.6 is 0 Å². The summed E-state index contributed by atoms with van der Waals surface area (Å²) in [5.74, 6) is -0.370. The zero-order valence-electron chi connectivity index (χ0n) is 30.7. The van der Waals surface area contributed by atoms with E-state index in [1.54, 1.807) is 0 Å². The lowest BCUT2D eigenvalue weighted by Gasteiger charge is -2.33. The maximum absolute atomic E-state index is 15.9. The number of pyridine rings is 2. The minimum absolute atomic E-state index is 0.286. The minimum atomic E-state index is -1.33. The van der Waals surface area contributed by atoms with E-state index in [9.17, 15) is 9.90 Å². The summed E-state index contributed by atoms with van der Waals surface area (Å²) in [6, 6.07) is 8.26. The summed E-state index contributed by atoms with van der Waals surface area (Å²) in [5.41, 5.74) is 5.65. The first kappa shape index (κ1) is 35.3. The number of nitrogens with zero attached hydrogens (tertiary/aromatic N) is 5. The predicted molar refractivity (Wildman–Crippen MR) is 196 cm³/mol. The summed E-state index contributed by atoms with van der Waals surface area (Å²) in [7, 11) is 1.97. The molecule has 10 nitrogen and oxygen atoms in total. The molecule has 4 aromatic rings. The lowest BCUT2D eigenvalue weighted by molar-refractivity contribution is -0.160. The van der Waals surface area contributed by atoms with Crippen molar-refractivity contribution in [3.05, 3.63) is 58.7 Å². The molecule has 0 aliphatic carbocycles. The Morgan fingerprint density at radius 2 is 1.84 bits per heavy atom. The molecule has 0 spiro atoms. The van der Waals surface area contributed by atoms with E-state index < -0.39 is 23.5 Å². The van der Waals surface area contributed by atoms with Gasteiger partial charge in [0, 0.05) is 92.0 Å². The molecule has 7 rings (SSSR count). The molecule has 1 aromatic carbocycles. The van der Waals surface area contributed by atoms with Gasteiger partial charge in [-0.05, 0) is 102 Å². The van der Waals surface area contributed by atoms with Gasteiger partial charge in [-0.25, -0.2) is 19.2 Å². The number of carboxylic acid groups (broad SMARTS) is 1. The van der Waals surface area contributed by atoms with Crippen molar-refractivity contribution in [2.24, 2.45) is 7.05 Å². The Morgan fingerprint density at radius 3 is 2.59 bits per heavy atom. The molecule has 6 heterocycles. The number of rotatable bonds is 7. The van der Waals surface area contributed by atoms with Crippen molar-refractivity contribution in [1.29, 1.82) is 0 Å². The molecule has 1 N–H and O–H groups in total. The first-order valence-electron chi connectivity index (χ1n) is 18.3. The van der Waals surface area contributed by atoms with Crippen LogP contribution in [0.5, 0.6) is 5.75 Å². The molecule has 51 heavy (non-hydrogen) atoms. The molecule has 0 saturated carbocycles. The maximum atomic E-state index is 15.9. The number of anilines is 1. The van der Waals surface area contributed by atoms with Crippen molar-refractivity contribution < 1.29 is 28.5 Å². The highest BCUT2D eigenvalue weighted by molar-refractivity contribution is 6.01. The Bertz CT molecular complexity index is 1950. The largest absolute Gasteiger partial charge is 0.490 e. The van der Waals surface area contributed by atoms with Crippen LogP contribution < -0.4 is 9.64 Å². The van der Waals surface area contributed by atoms with E-state index in [2.05, 4.69) is 21.9 Å². The van der Waals surface area contributed by atoms with Crippen LogP contribution in [0.15, 0.2) is 30.5 Å². The molecular weight excluding hydrogens is 649 g/mol. The van der Waals surface area contributed by atoms with Crippen LogP contribution in [0.2, 0.25) is 0 Å². The second-order valence-corrected chi connectivity index (χ2v) is 15.2. The topological polar surface area (TPSA) is 102 Å². The number of ether oxygens (including phenoxy) is 3. The van der Waals surface area contributed by atoms with Crippen LogP contribution in [0, 0.1) is 19.7 Å². The Morgan fingerprint density at radius 1 is 1.06 bits per heavy atom. The highest BCUT2D eigenvalue weighted by Gasteiger charge is 2.35. The number of aryl methyl sites for hydroxylation is 2. The van der Waals surface area contributed by atoms with Gasteiger partial charge in [0.25, 0.3) is 0 Å². The summed E-state index contributed by atoms with van der Waals surface area (Å²) < 4.78 is 35.5. The fraction of sp³-hybridized carbons (Fsp3) is 0.525. The summed E-state index contributed by atoms with van der Waals surface area (Å²) in [4.78, 5) is 27.8. The first-order chi connectivity index (χ1) is 24.4. The lowest BCUT2D eigenvalue weighted by atomic mass is 9.86. The monoisotopic (exact) mass is 699 g/mol. The fourth-order valence-corrected chi connectivity index (χ4v) is 8.18. The van der Waals surface area contributed by atoms with Crippen LogP contribution in [0.3, 0.4) is 0 Å². The molecule has 3 aliphatic heterocycles. The van der Waals surface area contributed by atoms with Crippen LogP contribution in [-0.2, 0) is 27.7 Å². The standard InChI is InChI=1S/C40H50FN5O5/c1-24-28-9-7-18-50-36(28)31(41)22-29(24)35-30-23-32(44(6)38(30)43-25(2)34(35)37(39(47)48)51-40(3,4)5)26-10-13-42-33(21-26)46-15-8-14-45(16-17-46)27-11-19-49-20-12-27/h10,13,21-23,27,37H,7-9,11-12,14-20H2,1-6H3,(H,47,48)/t37-/m0/s1. The van der Waals surface area contributed by atoms with Gasteiger partial charge in [0.05, 0.1) is 17.9 Å². The zero-order valence-corrected chi connectivity index (χ0v) is 30.7. The maximum Gasteiger partial charge on any atom is 0.337 e. The fourth-order valence-electron chi connectivity index (χ4n) is 8.18. The molecule has 2 fully saturated rings. The average molecular weight is 700 g/mol. The van der Waals surface area contributed by atoms with Crippen molar-refractivity contribution >= 4 is 22.8 Å². The van der Waals surface area contributed by atoms with E-state index in [1.165, 1.54) is 6.07 Å². The molecule has 1 atom stereocenters. The highest BCUT2D eigenvalue weighted by atomic mass is 19.1. The number of halogens is 1. The molecule has 3 aromatic heterocycles. The van der Waals surface area contributed by atoms with Gasteiger partial charge in [0.2, 0.25) is 0 Å². The van der Waals surface area contributed by atoms with Crippen LogP contribution in [0.4, 0.5) is 10.2 Å². The van der Waals surface area contributed by atoms with Gasteiger partial charge < -0.3 is 28.8 Å². The Hall–Kier alpha value is -4.06. The van der Waals surface area contributed by atoms with Gasteiger partial charge in [0.15, 0.2) is 17.7 Å². The van der Waals surface area contributed by atoms with Crippen molar-refractivity contribution in [3.63, 3.8) is 0 Å². The predicted octanol–water partition coefficient (Wildman–Crippen LogP) is 7.02. The number of carboxylic acids is 1. The number of hydrogen-bond acceptors (Lipinski definition) is 8. The second kappa shape index (κ2) is 14.2. The molecule has 0 amide bonds. The van der Waals surface area contributed by atoms with Gasteiger partial charge in [-0.3, -0.25) is 4.90 Å². The Balaban J connectivity index is 1.35. The molecule has 0 radical (unpaired) electrons. The van der Waals surface area contributed by atoms with E-state index in [0.29, 0.717) is 47.1 Å². The molecule has 272 valence electrons. The van der Waals surface area contributed by atoms with E-state index in [-0.39, 0.29) is 5.75 Å². The van der Waals surface area contributed by atoms with Gasteiger partial charge in [-0.1, -0.05) is 0 Å². The quantitative estimate of drug-likeness (QED) is 0.218. The number of aliphatic carboxylic acids is 1. The number of fused-ring (bicyclic) bond motifs is 2. The Kier molecular flexibility index (Phi) is 9.82. The highest BCUT2D eigenvalue weighted by Crippen LogP contribution is 2.45. The second-order valence-electron chi connectivity index (χ2n) is 15.2. The van der Waals surface area contributed by atoms with E-state index in [0.717, 1.165) is 98.7 Å².